The van der Waals surface area contributed by atoms with Gasteiger partial charge in [0.05, 0.1) is 47.6 Å². The van der Waals surface area contributed by atoms with Gasteiger partial charge in [-0.1, -0.05) is 23.2 Å². The second-order valence-electron chi connectivity index (χ2n) is 6.76. The number of carboxylic acids is 1. The minimum Gasteiger partial charge on any atom is -0.478 e. The highest BCUT2D eigenvalue weighted by Crippen LogP contribution is 2.37. The molecule has 2 N–H and O–H groups in total. The Morgan fingerprint density at radius 1 is 1.21 bits per heavy atom. The fraction of sp³-hybridized carbons (Fsp3) is 0.238. The zero-order valence-electron chi connectivity index (χ0n) is 15.4. The standard InChI is InChI=1S/C21H20ClN3O3/c1-13-2-4-18(16(10-13)21(26)27)24-20-15-11-14(22)3-5-17(15)23-12-19(20)25-6-8-28-9-7-25/h2-5,10-12H,6-9H2,1H3,(H,23,24)(H,26,27). The number of halogens is 1. The van der Waals surface area contributed by atoms with Crippen LogP contribution < -0.4 is 10.2 Å². The van der Waals surface area contributed by atoms with Crippen LogP contribution in [0.1, 0.15) is 15.9 Å². The summed E-state index contributed by atoms with van der Waals surface area (Å²) in [5, 5.41) is 14.4. The first-order valence-electron chi connectivity index (χ1n) is 9.05. The molecule has 1 aliphatic heterocycles. The third kappa shape index (κ3) is 3.61. The van der Waals surface area contributed by atoms with Gasteiger partial charge in [0.25, 0.3) is 0 Å². The van der Waals surface area contributed by atoms with Crippen molar-refractivity contribution >= 4 is 45.5 Å². The number of pyridine rings is 1. The molecule has 144 valence electrons. The number of anilines is 3. The van der Waals surface area contributed by atoms with E-state index in [-0.39, 0.29) is 5.56 Å². The normalized spacial score (nSPS) is 14.3. The topological polar surface area (TPSA) is 74.7 Å². The molecule has 4 rings (SSSR count). The summed E-state index contributed by atoms with van der Waals surface area (Å²) >= 11 is 6.25. The number of carboxylic acid groups (broad SMARTS) is 1. The minimum atomic E-state index is -0.976. The van der Waals surface area contributed by atoms with E-state index in [1.54, 1.807) is 18.2 Å². The molecule has 28 heavy (non-hydrogen) atoms. The molecule has 0 spiro atoms. The van der Waals surface area contributed by atoms with Gasteiger partial charge in [-0.3, -0.25) is 4.98 Å². The van der Waals surface area contributed by atoms with E-state index in [1.165, 1.54) is 0 Å². The lowest BCUT2D eigenvalue weighted by atomic mass is 10.1. The minimum absolute atomic E-state index is 0.222. The van der Waals surface area contributed by atoms with Crippen LogP contribution in [0.4, 0.5) is 17.1 Å². The zero-order chi connectivity index (χ0) is 19.7. The lowest BCUT2D eigenvalue weighted by molar-refractivity contribution is 0.0698. The molecule has 1 aromatic heterocycles. The number of ether oxygens (including phenoxy) is 1. The number of nitrogens with one attached hydrogen (secondary N) is 1. The number of benzene rings is 2. The van der Waals surface area contributed by atoms with Crippen molar-refractivity contribution < 1.29 is 14.6 Å². The molecular formula is C21H20ClN3O3. The molecule has 1 saturated heterocycles. The lowest BCUT2D eigenvalue weighted by Crippen LogP contribution is -2.36. The van der Waals surface area contributed by atoms with Gasteiger partial charge in [0.1, 0.15) is 0 Å². The Morgan fingerprint density at radius 2 is 2.00 bits per heavy atom. The van der Waals surface area contributed by atoms with E-state index in [0.29, 0.717) is 23.9 Å². The molecule has 0 unspecified atom stereocenters. The first kappa shape index (κ1) is 18.5. The largest absolute Gasteiger partial charge is 0.478 e. The molecule has 7 heteroatoms. The van der Waals surface area contributed by atoms with Crippen LogP contribution >= 0.6 is 11.6 Å². The number of morpholine rings is 1. The predicted molar refractivity (Wildman–Crippen MR) is 111 cm³/mol. The number of hydrogen-bond acceptors (Lipinski definition) is 5. The summed E-state index contributed by atoms with van der Waals surface area (Å²) in [5.41, 5.74) is 4.11. The summed E-state index contributed by atoms with van der Waals surface area (Å²) in [4.78, 5) is 18.5. The van der Waals surface area contributed by atoms with Crippen LogP contribution in [0.15, 0.2) is 42.6 Å². The molecular weight excluding hydrogens is 378 g/mol. The van der Waals surface area contributed by atoms with E-state index in [4.69, 9.17) is 16.3 Å². The summed E-state index contributed by atoms with van der Waals surface area (Å²) in [5.74, 6) is -0.976. The maximum atomic E-state index is 11.8. The van der Waals surface area contributed by atoms with E-state index < -0.39 is 5.97 Å². The van der Waals surface area contributed by atoms with Crippen LogP contribution in [-0.2, 0) is 4.74 Å². The third-order valence-electron chi connectivity index (χ3n) is 4.83. The Hall–Kier alpha value is -2.83. The fourth-order valence-electron chi connectivity index (χ4n) is 3.41. The average Bonchev–Trinajstić information content (AvgIpc) is 2.70. The van der Waals surface area contributed by atoms with Gasteiger partial charge >= 0.3 is 5.97 Å². The second kappa shape index (κ2) is 7.66. The van der Waals surface area contributed by atoms with Gasteiger partial charge in [0.15, 0.2) is 0 Å². The SMILES string of the molecule is Cc1ccc(Nc2c(N3CCOCC3)cnc3ccc(Cl)cc23)c(C(=O)O)c1. The van der Waals surface area contributed by atoms with Gasteiger partial charge in [-0.15, -0.1) is 0 Å². The first-order chi connectivity index (χ1) is 13.5. The van der Waals surface area contributed by atoms with E-state index in [2.05, 4.69) is 15.2 Å². The van der Waals surface area contributed by atoms with Gasteiger partial charge in [-0.2, -0.15) is 0 Å². The average molecular weight is 398 g/mol. The molecule has 6 nitrogen and oxygen atoms in total. The van der Waals surface area contributed by atoms with Gasteiger partial charge in [0, 0.05) is 23.5 Å². The summed E-state index contributed by atoms with van der Waals surface area (Å²) in [7, 11) is 0. The van der Waals surface area contributed by atoms with Gasteiger partial charge in [0.2, 0.25) is 0 Å². The van der Waals surface area contributed by atoms with Crippen molar-refractivity contribution in [1.29, 1.82) is 0 Å². The summed E-state index contributed by atoms with van der Waals surface area (Å²) in [6.45, 7) is 4.62. The molecule has 1 fully saturated rings. The van der Waals surface area contributed by atoms with Crippen LogP contribution in [0.5, 0.6) is 0 Å². The van der Waals surface area contributed by atoms with Crippen molar-refractivity contribution in [3.8, 4) is 0 Å². The smallest absolute Gasteiger partial charge is 0.337 e. The summed E-state index contributed by atoms with van der Waals surface area (Å²) in [6, 6.07) is 10.8. The molecule has 0 bridgehead atoms. The summed E-state index contributed by atoms with van der Waals surface area (Å²) < 4.78 is 5.47. The van der Waals surface area contributed by atoms with Crippen LogP contribution in [0.25, 0.3) is 10.9 Å². The lowest BCUT2D eigenvalue weighted by Gasteiger charge is -2.31. The number of hydrogen-bond donors (Lipinski definition) is 2. The van der Waals surface area contributed by atoms with Gasteiger partial charge in [-0.25, -0.2) is 4.79 Å². The van der Waals surface area contributed by atoms with Crippen LogP contribution in [-0.4, -0.2) is 42.4 Å². The van der Waals surface area contributed by atoms with Gasteiger partial charge in [-0.05, 0) is 37.3 Å². The second-order valence-corrected chi connectivity index (χ2v) is 7.19. The monoisotopic (exact) mass is 397 g/mol. The highest BCUT2D eigenvalue weighted by atomic mass is 35.5. The highest BCUT2D eigenvalue weighted by molar-refractivity contribution is 6.31. The molecule has 2 heterocycles. The third-order valence-corrected chi connectivity index (χ3v) is 5.06. The van der Waals surface area contributed by atoms with Crippen LogP contribution in [0.3, 0.4) is 0 Å². The molecule has 0 atom stereocenters. The van der Waals surface area contributed by atoms with Crippen molar-refractivity contribution in [2.24, 2.45) is 0 Å². The zero-order valence-corrected chi connectivity index (χ0v) is 16.2. The maximum absolute atomic E-state index is 11.8. The quantitative estimate of drug-likeness (QED) is 0.676. The van der Waals surface area contributed by atoms with E-state index >= 15 is 0 Å². The molecule has 1 aliphatic rings. The van der Waals surface area contributed by atoms with Crippen molar-refractivity contribution in [1.82, 2.24) is 4.98 Å². The van der Waals surface area contributed by atoms with E-state index in [0.717, 1.165) is 40.9 Å². The molecule has 3 aromatic rings. The van der Waals surface area contributed by atoms with E-state index in [1.807, 2.05) is 31.3 Å². The Bertz CT molecular complexity index is 1050. The van der Waals surface area contributed by atoms with E-state index in [9.17, 15) is 9.90 Å². The molecule has 0 amide bonds. The molecule has 0 aliphatic carbocycles. The number of aromatic nitrogens is 1. The van der Waals surface area contributed by atoms with Crippen molar-refractivity contribution in [2.75, 3.05) is 36.5 Å². The first-order valence-corrected chi connectivity index (χ1v) is 9.42. The Labute approximate surface area is 167 Å². The Balaban J connectivity index is 1.88. The highest BCUT2D eigenvalue weighted by Gasteiger charge is 2.20. The van der Waals surface area contributed by atoms with Crippen molar-refractivity contribution in [2.45, 2.75) is 6.92 Å². The molecule has 0 saturated carbocycles. The van der Waals surface area contributed by atoms with Crippen molar-refractivity contribution in [3.63, 3.8) is 0 Å². The Morgan fingerprint density at radius 3 is 2.75 bits per heavy atom. The number of carbonyl (C=O) groups is 1. The Kier molecular flexibility index (Phi) is 5.07. The number of nitrogens with zero attached hydrogens (tertiary/aromatic N) is 2. The van der Waals surface area contributed by atoms with Gasteiger partial charge < -0.3 is 20.1 Å². The molecule has 2 aromatic carbocycles. The number of fused-ring (bicyclic) bond motifs is 1. The predicted octanol–water partition coefficient (Wildman–Crippen LogP) is 4.48. The molecule has 0 radical (unpaired) electrons. The number of rotatable bonds is 4. The fourth-order valence-corrected chi connectivity index (χ4v) is 3.58. The van der Waals surface area contributed by atoms with Crippen molar-refractivity contribution in [3.05, 3.63) is 58.7 Å². The van der Waals surface area contributed by atoms with Crippen LogP contribution in [0.2, 0.25) is 5.02 Å². The maximum Gasteiger partial charge on any atom is 0.337 e. The van der Waals surface area contributed by atoms with Crippen LogP contribution in [0, 0.1) is 6.92 Å². The number of aromatic carboxylic acids is 1. The number of aryl methyl sites for hydroxylation is 1. The summed E-state index contributed by atoms with van der Waals surface area (Å²) in [6.07, 6.45) is 1.82.